The molecule has 0 bridgehead atoms. The number of allylic oxidation sites excluding steroid dienone is 3. The second kappa shape index (κ2) is 6.71. The first kappa shape index (κ1) is 19.2. The number of thiophene rings is 1. The Kier molecular flexibility index (Phi) is 4.59. The summed E-state index contributed by atoms with van der Waals surface area (Å²) in [6, 6.07) is 3.62. The first-order valence-corrected chi connectivity index (χ1v) is 10.4. The van der Waals surface area contributed by atoms with E-state index >= 15 is 0 Å². The zero-order valence-corrected chi connectivity index (χ0v) is 17.6. The molecular formula is C22H25NO4S. The molecule has 28 heavy (non-hydrogen) atoms. The maximum atomic E-state index is 12.6. The Morgan fingerprint density at radius 3 is 2.79 bits per heavy atom. The van der Waals surface area contributed by atoms with Crippen LogP contribution in [0.25, 0.3) is 0 Å². The molecule has 0 N–H and O–H groups in total. The number of hydrogen-bond acceptors (Lipinski definition) is 5. The first-order valence-electron chi connectivity index (χ1n) is 9.47. The number of ether oxygens (including phenoxy) is 2. The van der Waals surface area contributed by atoms with Crippen molar-refractivity contribution in [3.05, 3.63) is 57.0 Å². The minimum Gasteiger partial charge on any atom is -0.455 e. The summed E-state index contributed by atoms with van der Waals surface area (Å²) in [5.41, 5.74) is 3.78. The van der Waals surface area contributed by atoms with E-state index in [1.807, 2.05) is 25.4 Å². The highest BCUT2D eigenvalue weighted by molar-refractivity contribution is 7.11. The van der Waals surface area contributed by atoms with E-state index in [2.05, 4.69) is 26.0 Å². The van der Waals surface area contributed by atoms with E-state index in [1.54, 1.807) is 18.1 Å². The average molecular weight is 400 g/mol. The van der Waals surface area contributed by atoms with E-state index in [1.165, 1.54) is 11.3 Å². The Labute approximate surface area is 169 Å². The van der Waals surface area contributed by atoms with Gasteiger partial charge in [0.2, 0.25) is 0 Å². The normalized spacial score (nSPS) is 32.0. The van der Waals surface area contributed by atoms with Crippen molar-refractivity contribution in [1.82, 2.24) is 4.90 Å². The number of hydrogen-bond donors (Lipinski definition) is 0. The molecule has 2 aliphatic carbocycles. The van der Waals surface area contributed by atoms with Crippen LogP contribution in [0.4, 0.5) is 0 Å². The number of esters is 1. The van der Waals surface area contributed by atoms with E-state index in [4.69, 9.17) is 9.47 Å². The summed E-state index contributed by atoms with van der Waals surface area (Å²) in [6.45, 7) is 6.20. The average Bonchev–Trinajstić information content (AvgIpc) is 3.28. The van der Waals surface area contributed by atoms with Gasteiger partial charge in [0.1, 0.15) is 17.1 Å². The van der Waals surface area contributed by atoms with Gasteiger partial charge in [-0.05, 0) is 48.1 Å². The Morgan fingerprint density at radius 1 is 1.39 bits per heavy atom. The number of likely N-dealkylation sites (N-methyl/N-ethyl adjacent to an activating group) is 1. The second-order valence-corrected chi connectivity index (χ2v) is 9.00. The number of carbonyl (C=O) groups is 2. The standard InChI is InChI=1S/C22H25NO4S/c1-12-15-11-22(3)13(2)19(27-21(25)18-7-6-8-28-18)17(26-5)10-14(22)9-16(15)23(4)20(12)24/h6-10,13,17,19H,11H2,1-5H3/t13-,17+,19+,22+/m0/s1. The van der Waals surface area contributed by atoms with Crippen LogP contribution in [0.1, 0.15) is 36.9 Å². The summed E-state index contributed by atoms with van der Waals surface area (Å²) in [4.78, 5) is 27.4. The van der Waals surface area contributed by atoms with Crippen LogP contribution in [-0.2, 0) is 14.3 Å². The van der Waals surface area contributed by atoms with E-state index in [0.29, 0.717) is 4.88 Å². The predicted octanol–water partition coefficient (Wildman–Crippen LogP) is 3.95. The molecule has 5 nitrogen and oxygen atoms in total. The second-order valence-electron chi connectivity index (χ2n) is 8.05. The van der Waals surface area contributed by atoms with Crippen LogP contribution in [-0.4, -0.2) is 43.1 Å². The molecule has 0 spiro atoms. The van der Waals surface area contributed by atoms with Gasteiger partial charge in [0.25, 0.3) is 5.91 Å². The Balaban J connectivity index is 1.72. The molecule has 6 heteroatoms. The van der Waals surface area contributed by atoms with E-state index in [-0.39, 0.29) is 35.4 Å². The van der Waals surface area contributed by atoms with Gasteiger partial charge in [-0.1, -0.05) is 19.9 Å². The van der Waals surface area contributed by atoms with Crippen LogP contribution in [0.15, 0.2) is 52.1 Å². The van der Waals surface area contributed by atoms with Crippen molar-refractivity contribution in [2.45, 2.75) is 39.4 Å². The monoisotopic (exact) mass is 399 g/mol. The molecule has 0 unspecified atom stereocenters. The fourth-order valence-corrected chi connectivity index (χ4v) is 5.21. The summed E-state index contributed by atoms with van der Waals surface area (Å²) < 4.78 is 11.6. The molecule has 0 radical (unpaired) electrons. The SMILES string of the molecule is CO[C@@H]1C=C2C=C3C(=C(C)C(=O)N3C)C[C@]2(C)[C@@H](C)[C@H]1OC(=O)c1cccs1. The Bertz CT molecular complexity index is 926. The largest absolute Gasteiger partial charge is 0.455 e. The first-order chi connectivity index (χ1) is 13.3. The maximum Gasteiger partial charge on any atom is 0.348 e. The van der Waals surface area contributed by atoms with Crippen molar-refractivity contribution in [3.8, 4) is 0 Å². The van der Waals surface area contributed by atoms with Crippen LogP contribution >= 0.6 is 11.3 Å². The molecule has 1 aliphatic heterocycles. The molecule has 0 aromatic carbocycles. The number of rotatable bonds is 3. The van der Waals surface area contributed by atoms with Gasteiger partial charge in [-0.25, -0.2) is 4.79 Å². The van der Waals surface area contributed by atoms with Gasteiger partial charge in [0.05, 0.1) is 0 Å². The molecule has 4 rings (SSSR count). The summed E-state index contributed by atoms with van der Waals surface area (Å²) in [6.07, 6.45) is 4.19. The van der Waals surface area contributed by atoms with Gasteiger partial charge in [0, 0.05) is 36.8 Å². The Hall–Kier alpha value is -2.18. The van der Waals surface area contributed by atoms with Crippen molar-refractivity contribution in [2.24, 2.45) is 11.3 Å². The van der Waals surface area contributed by atoms with Crippen molar-refractivity contribution in [2.75, 3.05) is 14.2 Å². The lowest BCUT2D eigenvalue weighted by atomic mass is 9.59. The minimum absolute atomic E-state index is 0.0282. The highest BCUT2D eigenvalue weighted by atomic mass is 32.1. The lowest BCUT2D eigenvalue weighted by molar-refractivity contribution is -0.123. The highest BCUT2D eigenvalue weighted by Gasteiger charge is 2.51. The van der Waals surface area contributed by atoms with Gasteiger partial charge in [-0.15, -0.1) is 11.3 Å². The van der Waals surface area contributed by atoms with Gasteiger partial charge in [-0.2, -0.15) is 0 Å². The number of amides is 1. The van der Waals surface area contributed by atoms with Crippen molar-refractivity contribution in [3.63, 3.8) is 0 Å². The molecule has 0 fully saturated rings. The molecular weight excluding hydrogens is 374 g/mol. The number of fused-ring (bicyclic) bond motifs is 2. The maximum absolute atomic E-state index is 12.6. The third-order valence-corrected chi connectivity index (χ3v) is 7.50. The predicted molar refractivity (Wildman–Crippen MR) is 108 cm³/mol. The van der Waals surface area contributed by atoms with Crippen LogP contribution < -0.4 is 0 Å². The number of nitrogens with zero attached hydrogens (tertiary/aromatic N) is 1. The summed E-state index contributed by atoms with van der Waals surface area (Å²) in [5, 5.41) is 1.87. The summed E-state index contributed by atoms with van der Waals surface area (Å²) in [7, 11) is 3.46. The highest BCUT2D eigenvalue weighted by Crippen LogP contribution is 2.54. The van der Waals surface area contributed by atoms with Crippen molar-refractivity contribution >= 4 is 23.2 Å². The molecule has 0 saturated heterocycles. The van der Waals surface area contributed by atoms with Crippen LogP contribution in [0.2, 0.25) is 0 Å². The molecule has 1 aromatic heterocycles. The smallest absolute Gasteiger partial charge is 0.348 e. The molecule has 3 aliphatic rings. The van der Waals surface area contributed by atoms with Gasteiger partial charge in [-0.3, -0.25) is 4.79 Å². The number of carbonyl (C=O) groups excluding carboxylic acids is 2. The zero-order chi connectivity index (χ0) is 20.2. The summed E-state index contributed by atoms with van der Waals surface area (Å²) in [5.74, 6) is -0.228. The summed E-state index contributed by atoms with van der Waals surface area (Å²) >= 11 is 1.37. The molecule has 148 valence electrons. The van der Waals surface area contributed by atoms with Gasteiger partial charge < -0.3 is 14.4 Å². The van der Waals surface area contributed by atoms with Crippen LogP contribution in [0.3, 0.4) is 0 Å². The van der Waals surface area contributed by atoms with Gasteiger partial charge >= 0.3 is 5.97 Å². The van der Waals surface area contributed by atoms with Gasteiger partial charge in [0.15, 0.2) is 0 Å². The molecule has 1 aromatic rings. The zero-order valence-electron chi connectivity index (χ0n) is 16.8. The number of methoxy groups -OCH3 is 1. The van der Waals surface area contributed by atoms with E-state index < -0.39 is 0 Å². The molecule has 2 heterocycles. The molecule has 1 amide bonds. The third kappa shape index (κ3) is 2.70. The van der Waals surface area contributed by atoms with Crippen LogP contribution in [0, 0.1) is 11.3 Å². The van der Waals surface area contributed by atoms with E-state index in [9.17, 15) is 9.59 Å². The minimum atomic E-state index is -0.390. The van der Waals surface area contributed by atoms with Crippen molar-refractivity contribution < 1.29 is 19.1 Å². The Morgan fingerprint density at radius 2 is 2.14 bits per heavy atom. The third-order valence-electron chi connectivity index (χ3n) is 6.65. The fourth-order valence-electron chi connectivity index (χ4n) is 4.60. The fraction of sp³-hybridized carbons (Fsp3) is 0.455. The van der Waals surface area contributed by atoms with E-state index in [0.717, 1.165) is 28.8 Å². The molecule has 0 saturated carbocycles. The molecule has 4 atom stereocenters. The van der Waals surface area contributed by atoms with Crippen LogP contribution in [0.5, 0.6) is 0 Å². The topological polar surface area (TPSA) is 55.8 Å². The van der Waals surface area contributed by atoms with Crippen molar-refractivity contribution in [1.29, 1.82) is 0 Å². The lowest BCUT2D eigenvalue weighted by Gasteiger charge is -2.48. The lowest BCUT2D eigenvalue weighted by Crippen LogP contribution is -2.49. The quantitative estimate of drug-likeness (QED) is 0.723.